The Morgan fingerprint density at radius 3 is 2.07 bits per heavy atom. The summed E-state index contributed by atoms with van der Waals surface area (Å²) in [6.45, 7) is 5.26. The zero-order valence-electron chi connectivity index (χ0n) is 33.2. The van der Waals surface area contributed by atoms with Gasteiger partial charge in [-0.2, -0.15) is 0 Å². The number of nitrogens with zero attached hydrogens (tertiary/aromatic N) is 2. The van der Waals surface area contributed by atoms with Crippen molar-refractivity contribution < 1.29 is 0 Å². The second-order valence-corrected chi connectivity index (χ2v) is 16.0. The van der Waals surface area contributed by atoms with E-state index in [0.717, 1.165) is 49.9 Å². The van der Waals surface area contributed by atoms with Gasteiger partial charge in [0.2, 0.25) is 0 Å². The molecule has 3 nitrogen and oxygen atoms in total. The summed E-state index contributed by atoms with van der Waals surface area (Å²) in [6, 6.07) is 65.1. The molecule has 2 N–H and O–H groups in total. The van der Waals surface area contributed by atoms with E-state index in [1.54, 1.807) is 6.20 Å². The summed E-state index contributed by atoms with van der Waals surface area (Å²) in [5.41, 5.74) is 24.0. The molecule has 1 aliphatic rings. The van der Waals surface area contributed by atoms with E-state index in [1.807, 2.05) is 36.5 Å². The SMILES string of the molecule is CC1(C)c2ccc(-c3ccc(-c4ccc(/C(N)=C/C(=NCc5ccccc5)c5cccc(-c6cccnc6)c5)c5ccccc45)cc3)cc2-c2ccc3ccccc3c21. The van der Waals surface area contributed by atoms with Gasteiger partial charge in [0.25, 0.3) is 0 Å². The van der Waals surface area contributed by atoms with Crippen LogP contribution in [-0.2, 0) is 12.0 Å². The first-order valence-corrected chi connectivity index (χ1v) is 20.3. The van der Waals surface area contributed by atoms with E-state index in [4.69, 9.17) is 10.7 Å². The molecule has 0 fully saturated rings. The van der Waals surface area contributed by atoms with Crippen LogP contribution in [0.1, 0.15) is 41.7 Å². The topological polar surface area (TPSA) is 51.3 Å². The minimum absolute atomic E-state index is 0.0678. The van der Waals surface area contributed by atoms with Gasteiger partial charge >= 0.3 is 0 Å². The summed E-state index contributed by atoms with van der Waals surface area (Å²) >= 11 is 0. The zero-order valence-corrected chi connectivity index (χ0v) is 33.2. The standard InChI is InChI=1S/C56H43N3/c1-56(2)52-30-26-42(33-51(52)50-27-25-39-14-6-7-18-46(39)55(50)56)38-21-23-40(24-22-38)45-28-29-49(48-20-9-8-19-47(45)48)53(57)34-54(59-35-37-12-4-3-5-13-37)43-16-10-15-41(32-43)44-17-11-31-58-36-44/h3-34,36H,35,57H2,1-2H3/b53-34-,59-54?. The molecule has 10 rings (SSSR count). The molecule has 3 heteroatoms. The number of rotatable bonds is 8. The highest BCUT2D eigenvalue weighted by molar-refractivity contribution is 6.14. The van der Waals surface area contributed by atoms with Crippen molar-refractivity contribution >= 4 is 33.0 Å². The second kappa shape index (κ2) is 14.9. The lowest BCUT2D eigenvalue weighted by Gasteiger charge is -2.23. The van der Waals surface area contributed by atoms with E-state index in [9.17, 15) is 0 Å². The molecule has 0 bridgehead atoms. The fraction of sp³-hybridized carbons (Fsp3) is 0.0714. The third kappa shape index (κ3) is 6.61. The van der Waals surface area contributed by atoms with Crippen molar-refractivity contribution in [2.45, 2.75) is 25.8 Å². The van der Waals surface area contributed by atoms with E-state index in [0.29, 0.717) is 12.2 Å². The van der Waals surface area contributed by atoms with Gasteiger partial charge < -0.3 is 5.73 Å². The number of nitrogens with two attached hydrogens (primary N) is 1. The van der Waals surface area contributed by atoms with E-state index < -0.39 is 0 Å². The number of hydrogen-bond acceptors (Lipinski definition) is 3. The predicted octanol–water partition coefficient (Wildman–Crippen LogP) is 13.7. The Kier molecular flexibility index (Phi) is 9.07. The molecule has 1 aliphatic carbocycles. The van der Waals surface area contributed by atoms with Gasteiger partial charge in [-0.3, -0.25) is 9.98 Å². The number of fused-ring (bicyclic) bond motifs is 6. The van der Waals surface area contributed by atoms with Crippen LogP contribution in [-0.4, -0.2) is 10.7 Å². The van der Waals surface area contributed by atoms with Crippen LogP contribution >= 0.6 is 0 Å². The van der Waals surface area contributed by atoms with Crippen molar-refractivity contribution in [2.75, 3.05) is 0 Å². The first kappa shape index (κ1) is 36.0. The maximum atomic E-state index is 7.07. The highest BCUT2D eigenvalue weighted by Crippen LogP contribution is 2.52. The third-order valence-corrected chi connectivity index (χ3v) is 12.0. The van der Waals surface area contributed by atoms with Gasteiger partial charge in [-0.1, -0.05) is 178 Å². The Labute approximate surface area is 345 Å². The van der Waals surface area contributed by atoms with Crippen LogP contribution in [0.4, 0.5) is 0 Å². The number of aromatic nitrogens is 1. The first-order valence-electron chi connectivity index (χ1n) is 20.3. The Balaban J connectivity index is 0.990. The van der Waals surface area contributed by atoms with E-state index in [2.05, 4.69) is 177 Å². The van der Waals surface area contributed by atoms with E-state index in [1.165, 1.54) is 49.7 Å². The number of pyridine rings is 1. The lowest BCUT2D eigenvalue weighted by Crippen LogP contribution is -2.15. The van der Waals surface area contributed by atoms with Crippen molar-refractivity contribution in [1.29, 1.82) is 0 Å². The molecule has 59 heavy (non-hydrogen) atoms. The summed E-state index contributed by atoms with van der Waals surface area (Å²) in [7, 11) is 0. The summed E-state index contributed by atoms with van der Waals surface area (Å²) < 4.78 is 0. The Bertz CT molecular complexity index is 3080. The molecule has 0 radical (unpaired) electrons. The highest BCUT2D eigenvalue weighted by Gasteiger charge is 2.36. The van der Waals surface area contributed by atoms with Crippen molar-refractivity contribution in [3.05, 3.63) is 228 Å². The average Bonchev–Trinajstić information content (AvgIpc) is 3.53. The molecule has 0 atom stereocenters. The van der Waals surface area contributed by atoms with E-state index >= 15 is 0 Å². The van der Waals surface area contributed by atoms with Crippen LogP contribution in [0, 0.1) is 0 Å². The Morgan fingerprint density at radius 2 is 1.25 bits per heavy atom. The lowest BCUT2D eigenvalue weighted by molar-refractivity contribution is 0.666. The normalized spacial score (nSPS) is 13.4. The average molecular weight is 758 g/mol. The van der Waals surface area contributed by atoms with Crippen LogP contribution in [0.2, 0.25) is 0 Å². The number of hydrogen-bond donors (Lipinski definition) is 1. The van der Waals surface area contributed by atoms with Crippen LogP contribution in [0.5, 0.6) is 0 Å². The molecular formula is C56H43N3. The molecule has 0 spiro atoms. The summed E-state index contributed by atoms with van der Waals surface area (Å²) in [6.07, 6.45) is 5.71. The van der Waals surface area contributed by atoms with E-state index in [-0.39, 0.29) is 5.41 Å². The lowest BCUT2D eigenvalue weighted by atomic mass is 9.80. The summed E-state index contributed by atoms with van der Waals surface area (Å²) in [4.78, 5) is 9.48. The zero-order chi connectivity index (χ0) is 39.9. The highest BCUT2D eigenvalue weighted by atomic mass is 14.7. The fourth-order valence-electron chi connectivity index (χ4n) is 9.04. The molecule has 8 aromatic carbocycles. The molecular weight excluding hydrogens is 715 g/mol. The predicted molar refractivity (Wildman–Crippen MR) is 248 cm³/mol. The van der Waals surface area contributed by atoms with Gasteiger partial charge in [-0.15, -0.1) is 0 Å². The molecule has 0 unspecified atom stereocenters. The van der Waals surface area contributed by atoms with Crippen LogP contribution < -0.4 is 5.73 Å². The van der Waals surface area contributed by atoms with Crippen LogP contribution in [0.3, 0.4) is 0 Å². The Hall–Kier alpha value is -7.36. The monoisotopic (exact) mass is 757 g/mol. The first-order chi connectivity index (χ1) is 28.9. The molecule has 0 saturated carbocycles. The summed E-state index contributed by atoms with van der Waals surface area (Å²) in [5, 5.41) is 4.89. The minimum atomic E-state index is -0.0678. The molecule has 282 valence electrons. The smallest absolute Gasteiger partial charge is 0.0671 e. The van der Waals surface area contributed by atoms with Gasteiger partial charge in [0.05, 0.1) is 12.3 Å². The molecule has 9 aromatic rings. The largest absolute Gasteiger partial charge is 0.398 e. The number of allylic oxidation sites excluding steroid dienone is 1. The van der Waals surface area contributed by atoms with Crippen molar-refractivity contribution in [3.63, 3.8) is 0 Å². The minimum Gasteiger partial charge on any atom is -0.398 e. The Morgan fingerprint density at radius 1 is 0.559 bits per heavy atom. The summed E-state index contributed by atoms with van der Waals surface area (Å²) in [5.74, 6) is 0. The molecule has 0 amide bonds. The number of benzene rings is 8. The molecule has 0 aliphatic heterocycles. The fourth-order valence-corrected chi connectivity index (χ4v) is 9.04. The van der Waals surface area contributed by atoms with Crippen molar-refractivity contribution in [1.82, 2.24) is 4.98 Å². The van der Waals surface area contributed by atoms with Crippen molar-refractivity contribution in [2.24, 2.45) is 10.7 Å². The van der Waals surface area contributed by atoms with Crippen molar-refractivity contribution in [3.8, 4) is 44.5 Å². The molecule has 1 heterocycles. The quantitative estimate of drug-likeness (QED) is 0.157. The third-order valence-electron chi connectivity index (χ3n) is 12.0. The van der Waals surface area contributed by atoms with Gasteiger partial charge in [-0.25, -0.2) is 0 Å². The maximum Gasteiger partial charge on any atom is 0.0671 e. The van der Waals surface area contributed by atoms with Gasteiger partial charge in [0.15, 0.2) is 0 Å². The van der Waals surface area contributed by atoms with Gasteiger partial charge in [0, 0.05) is 40.2 Å². The second-order valence-electron chi connectivity index (χ2n) is 16.0. The van der Waals surface area contributed by atoms with Crippen LogP contribution in [0.15, 0.2) is 205 Å². The van der Waals surface area contributed by atoms with Crippen LogP contribution in [0.25, 0.3) is 71.7 Å². The maximum absolute atomic E-state index is 7.07. The molecule has 0 saturated heterocycles. The van der Waals surface area contributed by atoms with Gasteiger partial charge in [-0.05, 0) is 101 Å². The number of aliphatic imine (C=N–C) groups is 1. The molecule has 1 aromatic heterocycles. The van der Waals surface area contributed by atoms with Gasteiger partial charge in [0.1, 0.15) is 0 Å².